The van der Waals surface area contributed by atoms with E-state index in [-0.39, 0.29) is 17.4 Å². The van der Waals surface area contributed by atoms with E-state index in [1.807, 2.05) is 0 Å². The van der Waals surface area contributed by atoms with E-state index in [0.29, 0.717) is 0 Å². The van der Waals surface area contributed by atoms with Crippen LogP contribution in [0.3, 0.4) is 0 Å². The van der Waals surface area contributed by atoms with Crippen molar-refractivity contribution in [1.29, 1.82) is 0 Å². The lowest BCUT2D eigenvalue weighted by Crippen LogP contribution is -2.26. The molecule has 1 aromatic heterocycles. The predicted molar refractivity (Wildman–Crippen MR) is 52.1 cm³/mol. The van der Waals surface area contributed by atoms with Crippen molar-refractivity contribution in [3.63, 3.8) is 0 Å². The predicted octanol–water partition coefficient (Wildman–Crippen LogP) is 1.44. The third-order valence-electron chi connectivity index (χ3n) is 1.75. The third-order valence-corrected chi connectivity index (χ3v) is 2.02. The van der Waals surface area contributed by atoms with Crippen LogP contribution in [0.1, 0.15) is 0 Å². The maximum absolute atomic E-state index is 11.7. The van der Waals surface area contributed by atoms with Gasteiger partial charge in [0.15, 0.2) is 5.15 Å². The van der Waals surface area contributed by atoms with Crippen LogP contribution in [0.15, 0.2) is 11.1 Å². The van der Waals surface area contributed by atoms with Crippen molar-refractivity contribution in [3.05, 3.63) is 21.8 Å². The fraction of sp³-hybridized carbons (Fsp3) is 0.500. The first kappa shape index (κ1) is 13.8. The summed E-state index contributed by atoms with van der Waals surface area (Å²) >= 11 is 5.55. The summed E-state index contributed by atoms with van der Waals surface area (Å²) in [6.07, 6.45) is -3.71. The minimum absolute atomic E-state index is 0.148. The molecule has 0 aliphatic heterocycles. The molecule has 5 nitrogen and oxygen atoms in total. The summed E-state index contributed by atoms with van der Waals surface area (Å²) in [5.74, 6) is -0.221. The highest BCUT2D eigenvalue weighted by Crippen LogP contribution is 2.16. The number of nitrogens with zero attached hydrogens (tertiary/aromatic N) is 2. The summed E-state index contributed by atoms with van der Waals surface area (Å²) in [5, 5.41) is -0.148. The fourth-order valence-electron chi connectivity index (χ4n) is 1.04. The highest BCUT2D eigenvalue weighted by atomic mass is 35.5. The Bertz CT molecular complexity index is 447. The molecule has 0 bridgehead atoms. The number of alkyl halides is 3. The van der Waals surface area contributed by atoms with E-state index in [0.717, 1.165) is 10.9 Å². The van der Waals surface area contributed by atoms with Crippen molar-refractivity contribution in [2.75, 3.05) is 13.7 Å². The van der Waals surface area contributed by atoms with Gasteiger partial charge in [0.1, 0.15) is 0 Å². The molecule has 1 rings (SSSR count). The Morgan fingerprint density at radius 2 is 2.18 bits per heavy atom. The van der Waals surface area contributed by atoms with Crippen LogP contribution in [0.25, 0.3) is 0 Å². The Morgan fingerprint density at radius 1 is 1.53 bits per heavy atom. The van der Waals surface area contributed by atoms with Gasteiger partial charge in [0.05, 0.1) is 26.6 Å². The lowest BCUT2D eigenvalue weighted by Gasteiger charge is -2.09. The summed E-state index contributed by atoms with van der Waals surface area (Å²) < 4.78 is 44.2. The molecular weight excluding hydrogens is 265 g/mol. The molecule has 1 aromatic rings. The van der Waals surface area contributed by atoms with Crippen molar-refractivity contribution in [1.82, 2.24) is 9.55 Å². The van der Waals surface area contributed by atoms with Crippen LogP contribution in [-0.2, 0) is 11.3 Å². The quantitative estimate of drug-likeness (QED) is 0.779. The van der Waals surface area contributed by atoms with Gasteiger partial charge in [-0.25, -0.2) is 4.98 Å². The maximum atomic E-state index is 11.7. The number of ether oxygens (including phenoxy) is 2. The first-order chi connectivity index (χ1) is 7.85. The highest BCUT2D eigenvalue weighted by Gasteiger charge is 2.28. The van der Waals surface area contributed by atoms with Gasteiger partial charge in [0.2, 0.25) is 5.75 Å². The summed E-state index contributed by atoms with van der Waals surface area (Å²) in [6, 6.07) is 0. The standard InChI is InChI=1S/C8H8ClF3N2O3/c1-16-5-6(9)13-4-14(7(5)15)2-3-17-8(10,11)12/h4H,2-3H2,1H3. The average molecular weight is 273 g/mol. The van der Waals surface area contributed by atoms with E-state index >= 15 is 0 Å². The van der Waals surface area contributed by atoms with E-state index in [2.05, 4.69) is 14.5 Å². The number of hydrogen-bond donors (Lipinski definition) is 0. The van der Waals surface area contributed by atoms with Crippen LogP contribution in [0, 0.1) is 0 Å². The second kappa shape index (κ2) is 5.37. The molecule has 96 valence electrons. The summed E-state index contributed by atoms with van der Waals surface area (Å²) in [4.78, 5) is 15.1. The van der Waals surface area contributed by atoms with E-state index in [9.17, 15) is 18.0 Å². The van der Waals surface area contributed by atoms with E-state index in [1.165, 1.54) is 7.11 Å². The summed E-state index contributed by atoms with van der Waals surface area (Å²) in [7, 11) is 1.21. The molecule has 1 heterocycles. The molecule has 0 aliphatic carbocycles. The molecule has 0 saturated heterocycles. The number of hydrogen-bond acceptors (Lipinski definition) is 4. The second-order valence-electron chi connectivity index (χ2n) is 2.86. The highest BCUT2D eigenvalue weighted by molar-refractivity contribution is 6.30. The van der Waals surface area contributed by atoms with Crippen LogP contribution in [-0.4, -0.2) is 29.6 Å². The van der Waals surface area contributed by atoms with E-state index in [4.69, 9.17) is 11.6 Å². The van der Waals surface area contributed by atoms with Crippen molar-refractivity contribution >= 4 is 11.6 Å². The number of aromatic nitrogens is 2. The molecule has 0 saturated carbocycles. The molecule has 0 radical (unpaired) electrons. The van der Waals surface area contributed by atoms with E-state index in [1.54, 1.807) is 0 Å². The van der Waals surface area contributed by atoms with Gasteiger partial charge in [-0.05, 0) is 0 Å². The first-order valence-corrected chi connectivity index (χ1v) is 4.72. The van der Waals surface area contributed by atoms with Gasteiger partial charge < -0.3 is 4.74 Å². The van der Waals surface area contributed by atoms with Crippen molar-refractivity contribution in [2.24, 2.45) is 0 Å². The molecule has 9 heteroatoms. The topological polar surface area (TPSA) is 53.4 Å². The molecular formula is C8H8ClF3N2O3. The molecule has 17 heavy (non-hydrogen) atoms. The molecule has 0 amide bonds. The molecule has 0 unspecified atom stereocenters. The van der Waals surface area contributed by atoms with Gasteiger partial charge in [0.25, 0.3) is 5.56 Å². The Hall–Kier alpha value is -1.28. The smallest absolute Gasteiger partial charge is 0.489 e. The molecule has 0 aliphatic rings. The Balaban J connectivity index is 2.76. The van der Waals surface area contributed by atoms with Crippen LogP contribution >= 0.6 is 11.6 Å². The van der Waals surface area contributed by atoms with Crippen molar-refractivity contribution in [3.8, 4) is 5.75 Å². The number of halogens is 4. The summed E-state index contributed by atoms with van der Waals surface area (Å²) in [6.45, 7) is -1.01. The molecule has 0 atom stereocenters. The van der Waals surface area contributed by atoms with Crippen LogP contribution in [0.2, 0.25) is 5.15 Å². The maximum Gasteiger partial charge on any atom is 0.522 e. The van der Waals surface area contributed by atoms with Gasteiger partial charge in [-0.2, -0.15) is 0 Å². The normalized spacial score (nSPS) is 11.6. The Morgan fingerprint density at radius 3 is 2.71 bits per heavy atom. The van der Waals surface area contributed by atoms with Crippen LogP contribution < -0.4 is 10.3 Å². The van der Waals surface area contributed by atoms with Gasteiger partial charge in [-0.15, -0.1) is 13.2 Å². The van der Waals surface area contributed by atoms with Gasteiger partial charge in [-0.1, -0.05) is 11.6 Å². The minimum atomic E-state index is -4.73. The second-order valence-corrected chi connectivity index (χ2v) is 3.22. The molecule has 0 aromatic carbocycles. The zero-order valence-electron chi connectivity index (χ0n) is 8.62. The lowest BCUT2D eigenvalue weighted by atomic mass is 10.5. The molecule has 0 fully saturated rings. The fourth-order valence-corrected chi connectivity index (χ4v) is 1.24. The van der Waals surface area contributed by atoms with Crippen molar-refractivity contribution < 1.29 is 22.6 Å². The number of methoxy groups -OCH3 is 1. The molecule has 0 spiro atoms. The largest absolute Gasteiger partial charge is 0.522 e. The third kappa shape index (κ3) is 3.90. The Labute approximate surface area is 98.7 Å². The van der Waals surface area contributed by atoms with Crippen molar-refractivity contribution in [2.45, 2.75) is 12.9 Å². The Kier molecular flexibility index (Phi) is 4.35. The minimum Gasteiger partial charge on any atom is -0.489 e. The zero-order chi connectivity index (χ0) is 13.1. The van der Waals surface area contributed by atoms with Crippen LogP contribution in [0.4, 0.5) is 13.2 Å². The molecule has 0 N–H and O–H groups in total. The van der Waals surface area contributed by atoms with Gasteiger partial charge >= 0.3 is 6.36 Å². The first-order valence-electron chi connectivity index (χ1n) is 4.35. The zero-order valence-corrected chi connectivity index (χ0v) is 9.38. The van der Waals surface area contributed by atoms with Gasteiger partial charge in [-0.3, -0.25) is 14.1 Å². The van der Waals surface area contributed by atoms with E-state index < -0.39 is 18.5 Å². The number of rotatable bonds is 4. The monoisotopic (exact) mass is 272 g/mol. The lowest BCUT2D eigenvalue weighted by molar-refractivity contribution is -0.325. The van der Waals surface area contributed by atoms with Gasteiger partial charge in [0, 0.05) is 0 Å². The SMILES string of the molecule is COc1c(Cl)ncn(CCOC(F)(F)F)c1=O. The van der Waals surface area contributed by atoms with Crippen LogP contribution in [0.5, 0.6) is 5.75 Å². The summed E-state index contributed by atoms with van der Waals surface area (Å²) in [5.41, 5.74) is -0.668. The average Bonchev–Trinajstić information content (AvgIpc) is 2.20.